The zero-order valence-electron chi connectivity index (χ0n) is 15.9. The number of nitro groups is 1. The number of piperidine rings is 1. The minimum absolute atomic E-state index is 0.0232. The van der Waals surface area contributed by atoms with Gasteiger partial charge in [0.05, 0.1) is 4.92 Å². The fourth-order valence-corrected chi connectivity index (χ4v) is 3.21. The van der Waals surface area contributed by atoms with Gasteiger partial charge in [-0.3, -0.25) is 14.9 Å². The first-order valence-electron chi connectivity index (χ1n) is 9.13. The van der Waals surface area contributed by atoms with Crippen molar-refractivity contribution in [2.75, 3.05) is 25.0 Å². The molecule has 160 valence electrons. The molecule has 1 unspecified atom stereocenters. The zero-order valence-corrected chi connectivity index (χ0v) is 16.8. The number of amides is 1. The molecule has 1 aliphatic rings. The van der Waals surface area contributed by atoms with E-state index in [0.717, 1.165) is 44.1 Å². The Balaban J connectivity index is 0.000000335. The van der Waals surface area contributed by atoms with Gasteiger partial charge in [0.1, 0.15) is 0 Å². The number of aliphatic hydroxyl groups is 1. The number of hydrogen-bond acceptors (Lipinski definition) is 7. The Morgan fingerprint density at radius 1 is 1.27 bits per heavy atom. The molecule has 0 aliphatic carbocycles. The lowest BCUT2D eigenvalue weighted by Gasteiger charge is -2.19. The van der Waals surface area contributed by atoms with E-state index in [0.29, 0.717) is 12.5 Å². The molecule has 0 saturated carbocycles. The molecule has 1 saturated heterocycles. The molecule has 2 aromatic rings. The Hall–Kier alpha value is -2.78. The van der Waals surface area contributed by atoms with Gasteiger partial charge < -0.3 is 20.6 Å². The van der Waals surface area contributed by atoms with Gasteiger partial charge in [0.25, 0.3) is 5.91 Å². The second-order valence-electron chi connectivity index (χ2n) is 6.56. The summed E-state index contributed by atoms with van der Waals surface area (Å²) in [6, 6.07) is 8.17. The van der Waals surface area contributed by atoms with Gasteiger partial charge in [-0.2, -0.15) is 4.39 Å². The van der Waals surface area contributed by atoms with Gasteiger partial charge in [-0.25, -0.2) is 0 Å². The largest absolute Gasteiger partial charge is 0.591 e. The Bertz CT molecular complexity index is 921. The first kappa shape index (κ1) is 23.5. The van der Waals surface area contributed by atoms with Crippen LogP contribution in [0.25, 0.3) is 0 Å². The maximum absolute atomic E-state index is 13.2. The highest BCUT2D eigenvalue weighted by Crippen LogP contribution is 2.22. The van der Waals surface area contributed by atoms with Crippen LogP contribution < -0.4 is 20.8 Å². The highest BCUT2D eigenvalue weighted by Gasteiger charge is 2.17. The lowest BCUT2D eigenvalue weighted by Crippen LogP contribution is -2.29. The monoisotopic (exact) mass is 437 g/mol. The highest BCUT2D eigenvalue weighted by atomic mass is 31.1. The predicted molar refractivity (Wildman–Crippen MR) is 107 cm³/mol. The molecule has 9 nitrogen and oxygen atoms in total. The van der Waals surface area contributed by atoms with E-state index in [9.17, 15) is 28.8 Å². The van der Waals surface area contributed by atoms with Crippen molar-refractivity contribution in [2.45, 2.75) is 12.8 Å². The summed E-state index contributed by atoms with van der Waals surface area (Å²) >= 11 is 0. The maximum atomic E-state index is 13.2. The van der Waals surface area contributed by atoms with Crippen molar-refractivity contribution in [2.24, 2.45) is 5.92 Å². The standard InChI is InChI=1S/C13H8FN2O5P.C6H13NO/c14-11-5-4-9(7-12(11)16(18)19)15-13(17)8-2-1-3-10(6-8)22(20)21;8-5-6-1-3-7-4-2-6/h1-7H,(H,15,17);6-8H,1-5H2. The SMILES string of the molecule is O=C(Nc1ccc(F)c([N+](=O)[O-])c1)c1cccc([P+](=O)[O-])c1.OCC1CCNCC1. The van der Waals surface area contributed by atoms with Crippen LogP contribution in [0.4, 0.5) is 15.8 Å². The normalized spacial score (nSPS) is 14.3. The number of halogens is 1. The molecule has 0 aromatic heterocycles. The van der Waals surface area contributed by atoms with Gasteiger partial charge in [0.2, 0.25) is 5.82 Å². The van der Waals surface area contributed by atoms with Crippen molar-refractivity contribution in [3.05, 3.63) is 64.0 Å². The third-order valence-electron chi connectivity index (χ3n) is 4.44. The van der Waals surface area contributed by atoms with Crippen molar-refractivity contribution < 1.29 is 28.7 Å². The number of carbonyl (C=O) groups is 1. The van der Waals surface area contributed by atoms with E-state index in [-0.39, 0.29) is 16.6 Å². The van der Waals surface area contributed by atoms with Crippen LogP contribution in [-0.2, 0) is 4.57 Å². The summed E-state index contributed by atoms with van der Waals surface area (Å²) in [5, 5.41) is 24.8. The van der Waals surface area contributed by atoms with Crippen LogP contribution in [0.5, 0.6) is 0 Å². The minimum atomic E-state index is -2.83. The fourth-order valence-electron chi connectivity index (χ4n) is 2.76. The summed E-state index contributed by atoms with van der Waals surface area (Å²) < 4.78 is 24.1. The van der Waals surface area contributed by atoms with Crippen LogP contribution in [0.1, 0.15) is 23.2 Å². The number of nitrogens with one attached hydrogen (secondary N) is 2. The van der Waals surface area contributed by atoms with Crippen molar-refractivity contribution >= 4 is 30.6 Å². The zero-order chi connectivity index (χ0) is 22.1. The summed E-state index contributed by atoms with van der Waals surface area (Å²) in [7, 11) is -2.83. The van der Waals surface area contributed by atoms with Gasteiger partial charge in [-0.1, -0.05) is 10.6 Å². The molecular weight excluding hydrogens is 416 g/mol. The van der Waals surface area contributed by atoms with Gasteiger partial charge in [0.15, 0.2) is 5.30 Å². The average molecular weight is 437 g/mol. The molecule has 1 amide bonds. The van der Waals surface area contributed by atoms with Crippen LogP contribution in [0.15, 0.2) is 42.5 Å². The Kier molecular flexibility index (Phi) is 8.94. The molecule has 3 N–H and O–H groups in total. The quantitative estimate of drug-likeness (QED) is 0.367. The van der Waals surface area contributed by atoms with Crippen LogP contribution >= 0.6 is 8.03 Å². The molecular formula is C19H21FN3O6P. The molecule has 0 bridgehead atoms. The Labute approximate surface area is 173 Å². The van der Waals surface area contributed by atoms with E-state index in [1.165, 1.54) is 24.3 Å². The van der Waals surface area contributed by atoms with Gasteiger partial charge in [0, 0.05) is 30.0 Å². The molecule has 0 spiro atoms. The fraction of sp³-hybridized carbons (Fsp3) is 0.316. The van der Waals surface area contributed by atoms with Crippen molar-refractivity contribution in [3.63, 3.8) is 0 Å². The van der Waals surface area contributed by atoms with Crippen molar-refractivity contribution in [1.29, 1.82) is 0 Å². The van der Waals surface area contributed by atoms with Crippen molar-refractivity contribution in [3.8, 4) is 0 Å². The van der Waals surface area contributed by atoms with Crippen LogP contribution in [0.3, 0.4) is 0 Å². The third-order valence-corrected chi connectivity index (χ3v) is 5.14. The van der Waals surface area contributed by atoms with E-state index in [1.54, 1.807) is 0 Å². The molecule has 1 fully saturated rings. The summed E-state index contributed by atoms with van der Waals surface area (Å²) in [6.07, 6.45) is 2.30. The van der Waals surface area contributed by atoms with Gasteiger partial charge in [-0.15, -0.1) is 0 Å². The molecule has 11 heteroatoms. The number of carbonyl (C=O) groups excluding carboxylic acids is 1. The molecule has 1 aliphatic heterocycles. The molecule has 1 heterocycles. The molecule has 2 aromatic carbocycles. The number of rotatable bonds is 5. The second-order valence-corrected chi connectivity index (χ2v) is 7.59. The maximum Gasteiger partial charge on any atom is 0.348 e. The second kappa shape index (κ2) is 11.4. The molecule has 30 heavy (non-hydrogen) atoms. The minimum Gasteiger partial charge on any atom is -0.591 e. The van der Waals surface area contributed by atoms with Gasteiger partial charge in [-0.05, 0) is 56.1 Å². The van der Waals surface area contributed by atoms with Crippen LogP contribution in [0.2, 0.25) is 0 Å². The van der Waals surface area contributed by atoms with Crippen molar-refractivity contribution in [1.82, 2.24) is 5.32 Å². The predicted octanol–water partition coefficient (Wildman–Crippen LogP) is 1.69. The Morgan fingerprint density at radius 2 is 1.97 bits per heavy atom. The Morgan fingerprint density at radius 3 is 2.53 bits per heavy atom. The first-order chi connectivity index (χ1) is 14.3. The van der Waals surface area contributed by atoms with E-state index < -0.39 is 30.4 Å². The number of benzene rings is 2. The molecule has 0 radical (unpaired) electrons. The smallest absolute Gasteiger partial charge is 0.348 e. The summed E-state index contributed by atoms with van der Waals surface area (Å²) in [6.45, 7) is 2.55. The van der Waals surface area contributed by atoms with E-state index in [2.05, 4.69) is 10.6 Å². The highest BCUT2D eigenvalue weighted by molar-refractivity contribution is 7.45. The number of nitrogens with zero attached hydrogens (tertiary/aromatic N) is 1. The van der Waals surface area contributed by atoms with E-state index >= 15 is 0 Å². The van der Waals surface area contributed by atoms with E-state index in [4.69, 9.17) is 5.11 Å². The first-order valence-corrected chi connectivity index (χ1v) is 10.3. The summed E-state index contributed by atoms with van der Waals surface area (Å²) in [4.78, 5) is 32.6. The number of aliphatic hydroxyl groups excluding tert-OH is 1. The lowest BCUT2D eigenvalue weighted by atomic mass is 10.00. The summed E-state index contributed by atoms with van der Waals surface area (Å²) in [5.74, 6) is -1.11. The number of hydrogen-bond donors (Lipinski definition) is 3. The van der Waals surface area contributed by atoms with Crippen LogP contribution in [0, 0.1) is 21.8 Å². The molecule has 3 rings (SSSR count). The van der Waals surface area contributed by atoms with Gasteiger partial charge >= 0.3 is 13.7 Å². The average Bonchev–Trinajstić information content (AvgIpc) is 2.76. The molecule has 1 atom stereocenters. The topological polar surface area (TPSA) is 145 Å². The number of nitro benzene ring substituents is 1. The van der Waals surface area contributed by atoms with Crippen LogP contribution in [-0.4, -0.2) is 35.6 Å². The summed E-state index contributed by atoms with van der Waals surface area (Å²) in [5.41, 5.74) is -0.687. The third kappa shape index (κ3) is 6.93. The number of anilines is 1. The lowest BCUT2D eigenvalue weighted by molar-refractivity contribution is -0.387. The van der Waals surface area contributed by atoms with E-state index in [1.807, 2.05) is 0 Å².